The average molecular weight is 482 g/mol. The number of hydrogen-bond acceptors (Lipinski definition) is 3. The Balaban J connectivity index is 1.55. The number of aromatic nitrogens is 1. The van der Waals surface area contributed by atoms with E-state index < -0.39 is 0 Å². The molecule has 4 rings (SSSR count). The second kappa shape index (κ2) is 8.74. The molecule has 1 aliphatic heterocycles. The number of carbonyl (C=O) groups is 1. The molecule has 0 bridgehead atoms. The van der Waals surface area contributed by atoms with Gasteiger partial charge in [-0.05, 0) is 73.9 Å². The Hall–Kier alpha value is -2.44. The highest BCUT2D eigenvalue weighted by molar-refractivity contribution is 9.10. The van der Waals surface area contributed by atoms with Gasteiger partial charge in [0.2, 0.25) is 0 Å². The molecule has 2 aromatic carbocycles. The average Bonchev–Trinajstić information content (AvgIpc) is 3.20. The lowest BCUT2D eigenvalue weighted by Gasteiger charge is -2.12. The van der Waals surface area contributed by atoms with Crippen molar-refractivity contribution in [1.82, 2.24) is 9.88 Å². The van der Waals surface area contributed by atoms with Crippen LogP contribution in [0.5, 0.6) is 0 Å². The third-order valence-corrected chi connectivity index (χ3v) is 6.74. The molecule has 154 valence electrons. The maximum Gasteiger partial charge on any atom is 0.260 e. The summed E-state index contributed by atoms with van der Waals surface area (Å²) in [4.78, 5) is 13.3. The number of amides is 1. The molecule has 4 nitrogen and oxygen atoms in total. The van der Waals surface area contributed by atoms with Gasteiger partial charge < -0.3 is 15.2 Å². The van der Waals surface area contributed by atoms with Crippen LogP contribution in [0.1, 0.15) is 29.4 Å². The highest BCUT2D eigenvalue weighted by Gasteiger charge is 2.27. The third kappa shape index (κ3) is 4.35. The van der Waals surface area contributed by atoms with E-state index in [1.54, 1.807) is 0 Å². The molecule has 2 heterocycles. The third-order valence-electron chi connectivity index (χ3n) is 5.21. The van der Waals surface area contributed by atoms with Gasteiger partial charge in [0.05, 0.1) is 4.91 Å². The molecule has 6 heteroatoms. The molecule has 1 fully saturated rings. The molecule has 1 saturated heterocycles. The predicted molar refractivity (Wildman–Crippen MR) is 130 cm³/mol. The molecule has 2 N–H and O–H groups in total. The maximum atomic E-state index is 12.5. The molecule has 0 radical (unpaired) electrons. The van der Waals surface area contributed by atoms with Crippen molar-refractivity contribution < 1.29 is 4.79 Å². The molecule has 0 saturated carbocycles. The predicted octanol–water partition coefficient (Wildman–Crippen LogP) is 6.02. The normalized spacial score (nSPS) is 17.4. The highest BCUT2D eigenvalue weighted by atomic mass is 79.9. The zero-order valence-corrected chi connectivity index (χ0v) is 19.6. The van der Waals surface area contributed by atoms with Gasteiger partial charge in [0.25, 0.3) is 5.91 Å². The monoisotopic (exact) mass is 481 g/mol. The van der Waals surface area contributed by atoms with Crippen LogP contribution in [0, 0.1) is 13.8 Å². The van der Waals surface area contributed by atoms with E-state index in [0.29, 0.717) is 4.91 Å². The first-order valence-corrected chi connectivity index (χ1v) is 11.6. The standard InChI is InChI=1S/C24H24BrN3OS/c1-4-17-8-10-20(11-9-17)26-24-27-23(29)22(30-24)13-18-12-15(2)28(16(18)3)21-7-5-6-19(25)14-21/h5-14,24,26H,4H2,1-3H3,(H,27,29)/b22-13-. The van der Waals surface area contributed by atoms with Crippen molar-refractivity contribution in [3.05, 3.63) is 86.5 Å². The Bertz CT molecular complexity index is 1120. The van der Waals surface area contributed by atoms with Crippen LogP contribution < -0.4 is 10.6 Å². The number of carbonyl (C=O) groups excluding carboxylic acids is 1. The van der Waals surface area contributed by atoms with Gasteiger partial charge in [-0.3, -0.25) is 4.79 Å². The smallest absolute Gasteiger partial charge is 0.260 e. The first kappa shape index (κ1) is 20.8. The van der Waals surface area contributed by atoms with Gasteiger partial charge in [-0.1, -0.05) is 52.8 Å². The molecule has 30 heavy (non-hydrogen) atoms. The van der Waals surface area contributed by atoms with Crippen LogP contribution in [0.3, 0.4) is 0 Å². The quantitative estimate of drug-likeness (QED) is 0.438. The first-order valence-electron chi connectivity index (χ1n) is 9.94. The number of thioether (sulfide) groups is 1. The Kier molecular flexibility index (Phi) is 6.06. The lowest BCUT2D eigenvalue weighted by atomic mass is 10.1. The summed E-state index contributed by atoms with van der Waals surface area (Å²) in [6, 6.07) is 18.7. The van der Waals surface area contributed by atoms with Gasteiger partial charge in [0, 0.05) is 27.2 Å². The van der Waals surface area contributed by atoms with Crippen LogP contribution in [0.15, 0.2) is 64.0 Å². The number of rotatable bonds is 5. The van der Waals surface area contributed by atoms with Crippen molar-refractivity contribution in [1.29, 1.82) is 0 Å². The van der Waals surface area contributed by atoms with Crippen LogP contribution >= 0.6 is 27.7 Å². The van der Waals surface area contributed by atoms with Crippen LogP contribution in [-0.2, 0) is 11.2 Å². The van der Waals surface area contributed by atoms with E-state index in [9.17, 15) is 4.79 Å². The summed E-state index contributed by atoms with van der Waals surface area (Å²) in [5.74, 6) is -0.0464. The summed E-state index contributed by atoms with van der Waals surface area (Å²) in [5.41, 5.74) is 6.51. The maximum absolute atomic E-state index is 12.5. The van der Waals surface area contributed by atoms with Gasteiger partial charge in [-0.15, -0.1) is 0 Å². The van der Waals surface area contributed by atoms with Gasteiger partial charge in [0.15, 0.2) is 5.50 Å². The Morgan fingerprint density at radius 3 is 2.63 bits per heavy atom. The summed E-state index contributed by atoms with van der Waals surface area (Å²) in [5, 5.41) is 6.39. The van der Waals surface area contributed by atoms with Crippen molar-refractivity contribution in [2.24, 2.45) is 0 Å². The fourth-order valence-electron chi connectivity index (χ4n) is 3.64. The van der Waals surface area contributed by atoms with E-state index in [1.807, 2.05) is 18.2 Å². The van der Waals surface area contributed by atoms with E-state index in [-0.39, 0.29) is 11.4 Å². The second-order valence-electron chi connectivity index (χ2n) is 7.32. The Morgan fingerprint density at radius 2 is 1.93 bits per heavy atom. The summed E-state index contributed by atoms with van der Waals surface area (Å²) in [6.07, 6.45) is 3.00. The van der Waals surface area contributed by atoms with Gasteiger partial charge in [-0.25, -0.2) is 0 Å². The molecule has 1 unspecified atom stereocenters. The number of anilines is 1. The topological polar surface area (TPSA) is 46.1 Å². The fraction of sp³-hybridized carbons (Fsp3) is 0.208. The van der Waals surface area contributed by atoms with Crippen molar-refractivity contribution >= 4 is 45.4 Å². The minimum atomic E-state index is -0.176. The van der Waals surface area contributed by atoms with Crippen LogP contribution in [-0.4, -0.2) is 16.0 Å². The largest absolute Gasteiger partial charge is 0.357 e. The number of benzene rings is 2. The van der Waals surface area contributed by atoms with Crippen molar-refractivity contribution in [3.63, 3.8) is 0 Å². The van der Waals surface area contributed by atoms with Crippen LogP contribution in [0.4, 0.5) is 5.69 Å². The lowest BCUT2D eigenvalue weighted by Crippen LogP contribution is -2.30. The lowest BCUT2D eigenvalue weighted by molar-refractivity contribution is -0.116. The highest BCUT2D eigenvalue weighted by Crippen LogP contribution is 2.32. The molecule has 3 aromatic rings. The first-order chi connectivity index (χ1) is 14.4. The summed E-state index contributed by atoms with van der Waals surface area (Å²) >= 11 is 5.06. The number of aryl methyl sites for hydroxylation is 2. The molecule has 1 atom stereocenters. The van der Waals surface area contributed by atoms with E-state index in [2.05, 4.69) is 94.4 Å². The summed E-state index contributed by atoms with van der Waals surface area (Å²) in [6.45, 7) is 6.31. The molecule has 1 aliphatic rings. The van der Waals surface area contributed by atoms with E-state index in [1.165, 1.54) is 17.3 Å². The Morgan fingerprint density at radius 1 is 1.17 bits per heavy atom. The molecule has 1 amide bonds. The van der Waals surface area contributed by atoms with E-state index in [0.717, 1.165) is 39.2 Å². The minimum Gasteiger partial charge on any atom is -0.357 e. The second-order valence-corrected chi connectivity index (χ2v) is 9.38. The van der Waals surface area contributed by atoms with Crippen molar-refractivity contribution in [3.8, 4) is 5.69 Å². The number of nitrogens with one attached hydrogen (secondary N) is 2. The van der Waals surface area contributed by atoms with E-state index in [4.69, 9.17) is 0 Å². The number of hydrogen-bond donors (Lipinski definition) is 2. The van der Waals surface area contributed by atoms with E-state index >= 15 is 0 Å². The van der Waals surface area contributed by atoms with Crippen LogP contribution in [0.25, 0.3) is 11.8 Å². The summed E-state index contributed by atoms with van der Waals surface area (Å²) in [7, 11) is 0. The molecular formula is C24H24BrN3OS. The van der Waals surface area contributed by atoms with Gasteiger partial charge >= 0.3 is 0 Å². The van der Waals surface area contributed by atoms with Crippen LogP contribution in [0.2, 0.25) is 0 Å². The molecular weight excluding hydrogens is 458 g/mol. The SMILES string of the molecule is CCc1ccc(NC2NC(=O)/C(=C/c3cc(C)n(-c4cccc(Br)c4)c3C)S2)cc1. The number of nitrogens with zero attached hydrogens (tertiary/aromatic N) is 1. The number of halogens is 1. The van der Waals surface area contributed by atoms with Gasteiger partial charge in [0.1, 0.15) is 0 Å². The molecule has 0 spiro atoms. The minimum absolute atomic E-state index is 0.0464. The van der Waals surface area contributed by atoms with Crippen molar-refractivity contribution in [2.45, 2.75) is 32.7 Å². The zero-order valence-electron chi connectivity index (χ0n) is 17.2. The van der Waals surface area contributed by atoms with Crippen molar-refractivity contribution in [2.75, 3.05) is 5.32 Å². The zero-order chi connectivity index (χ0) is 21.3. The van der Waals surface area contributed by atoms with Gasteiger partial charge in [-0.2, -0.15) is 0 Å². The fourth-order valence-corrected chi connectivity index (χ4v) is 5.00. The molecule has 1 aromatic heterocycles. The molecule has 0 aliphatic carbocycles. The Labute approximate surface area is 189 Å². The summed E-state index contributed by atoms with van der Waals surface area (Å²) < 4.78 is 3.25.